The van der Waals surface area contributed by atoms with Crippen molar-refractivity contribution in [1.82, 2.24) is 15.4 Å². The summed E-state index contributed by atoms with van der Waals surface area (Å²) in [5, 5.41) is 14.1. The molecule has 1 aliphatic heterocycles. The van der Waals surface area contributed by atoms with Crippen LogP contribution in [0.5, 0.6) is 0 Å². The van der Waals surface area contributed by atoms with Crippen molar-refractivity contribution in [2.24, 2.45) is 5.92 Å². The fourth-order valence-corrected chi connectivity index (χ4v) is 3.94. The number of aryl methyl sites for hydroxylation is 1. The number of benzene rings is 1. The normalized spacial score (nSPS) is 23.0. The van der Waals surface area contributed by atoms with E-state index in [0.717, 1.165) is 13.1 Å². The number of nitrogens with zero attached hydrogens (tertiary/aromatic N) is 2. The van der Waals surface area contributed by atoms with Crippen molar-refractivity contribution < 1.29 is 32.4 Å². The van der Waals surface area contributed by atoms with Crippen molar-refractivity contribution in [2.75, 3.05) is 20.1 Å². The highest BCUT2D eigenvalue weighted by Crippen LogP contribution is 2.48. The second-order valence-corrected chi connectivity index (χ2v) is 7.20. The maximum atomic E-state index is 12.4. The zero-order valence-electron chi connectivity index (χ0n) is 15.7. The lowest BCUT2D eigenvalue weighted by atomic mass is 9.94. The van der Waals surface area contributed by atoms with Gasteiger partial charge in [0, 0.05) is 31.0 Å². The van der Waals surface area contributed by atoms with E-state index in [0.29, 0.717) is 23.3 Å². The first kappa shape index (κ1) is 20.8. The van der Waals surface area contributed by atoms with Gasteiger partial charge in [0.2, 0.25) is 0 Å². The number of amides is 1. The van der Waals surface area contributed by atoms with Crippen LogP contribution in [-0.2, 0) is 4.79 Å². The minimum Gasteiger partial charge on any atom is -0.475 e. The highest BCUT2D eigenvalue weighted by molar-refractivity contribution is 5.92. The zero-order chi connectivity index (χ0) is 21.3. The first-order chi connectivity index (χ1) is 13.6. The predicted octanol–water partition coefficient (Wildman–Crippen LogP) is 2.75. The van der Waals surface area contributed by atoms with E-state index < -0.39 is 12.1 Å². The molecule has 1 saturated heterocycles. The number of carboxylic acid groups (broad SMARTS) is 1. The Morgan fingerprint density at radius 2 is 1.86 bits per heavy atom. The molecule has 7 nitrogen and oxygen atoms in total. The van der Waals surface area contributed by atoms with Gasteiger partial charge in [0.05, 0.1) is 6.04 Å². The Bertz CT molecular complexity index is 912. The highest BCUT2D eigenvalue weighted by Gasteiger charge is 2.45. The van der Waals surface area contributed by atoms with Crippen molar-refractivity contribution in [3.8, 4) is 0 Å². The number of halogens is 3. The van der Waals surface area contributed by atoms with Gasteiger partial charge >= 0.3 is 12.1 Å². The van der Waals surface area contributed by atoms with E-state index in [9.17, 15) is 18.0 Å². The third-order valence-electron chi connectivity index (χ3n) is 5.10. The van der Waals surface area contributed by atoms with E-state index in [-0.39, 0.29) is 11.9 Å². The van der Waals surface area contributed by atoms with Gasteiger partial charge in [0.1, 0.15) is 5.76 Å². The summed E-state index contributed by atoms with van der Waals surface area (Å²) in [7, 11) is 2.14. The molecule has 0 unspecified atom stereocenters. The molecule has 10 heteroatoms. The number of alkyl halides is 3. The number of carbonyl (C=O) groups is 2. The van der Waals surface area contributed by atoms with Crippen LogP contribution < -0.4 is 5.32 Å². The van der Waals surface area contributed by atoms with E-state index in [1.807, 2.05) is 6.07 Å². The molecule has 156 valence electrons. The van der Waals surface area contributed by atoms with Gasteiger partial charge in [-0.15, -0.1) is 0 Å². The molecule has 0 spiro atoms. The van der Waals surface area contributed by atoms with E-state index in [4.69, 9.17) is 14.4 Å². The Balaban J connectivity index is 0.000000298. The maximum Gasteiger partial charge on any atom is 0.490 e. The van der Waals surface area contributed by atoms with Crippen LogP contribution in [0.1, 0.15) is 39.3 Å². The van der Waals surface area contributed by atoms with Crippen LogP contribution >= 0.6 is 0 Å². The molecule has 2 aliphatic rings. The summed E-state index contributed by atoms with van der Waals surface area (Å²) in [6.07, 6.45) is -5.08. The average Bonchev–Trinajstić information content (AvgIpc) is 3.31. The minimum atomic E-state index is -5.08. The van der Waals surface area contributed by atoms with E-state index >= 15 is 0 Å². The number of likely N-dealkylation sites (N-methyl/N-ethyl adjacent to an activating group) is 1. The van der Waals surface area contributed by atoms with Gasteiger partial charge in [-0.1, -0.05) is 29.4 Å². The SMILES string of the molecule is Cc1cc(C(=O)N[C@@H]2c3ccccc3[C@@H]3CN(C)C[C@H]23)no1.O=C(O)C(F)(F)F. The van der Waals surface area contributed by atoms with Crippen molar-refractivity contribution >= 4 is 11.9 Å². The topological polar surface area (TPSA) is 95.7 Å². The summed E-state index contributed by atoms with van der Waals surface area (Å²) < 4.78 is 36.7. The molecule has 3 atom stereocenters. The predicted molar refractivity (Wildman–Crippen MR) is 95.3 cm³/mol. The van der Waals surface area contributed by atoms with Crippen LogP contribution in [0.25, 0.3) is 0 Å². The molecule has 1 aliphatic carbocycles. The molecule has 1 fully saturated rings. The Morgan fingerprint density at radius 3 is 2.41 bits per heavy atom. The van der Waals surface area contributed by atoms with Gasteiger partial charge in [-0.25, -0.2) is 4.79 Å². The quantitative estimate of drug-likeness (QED) is 0.789. The molecule has 29 heavy (non-hydrogen) atoms. The molecule has 2 N–H and O–H groups in total. The Kier molecular flexibility index (Phi) is 5.65. The third kappa shape index (κ3) is 4.42. The third-order valence-corrected chi connectivity index (χ3v) is 5.10. The van der Waals surface area contributed by atoms with Crippen LogP contribution in [0, 0.1) is 12.8 Å². The van der Waals surface area contributed by atoms with Gasteiger partial charge in [-0.05, 0) is 25.1 Å². The second kappa shape index (κ2) is 7.86. The summed E-state index contributed by atoms with van der Waals surface area (Å²) in [6.45, 7) is 3.84. The number of carboxylic acids is 1. The number of likely N-dealkylation sites (tertiary alicyclic amines) is 1. The summed E-state index contributed by atoms with van der Waals surface area (Å²) in [4.78, 5) is 23.7. The van der Waals surface area contributed by atoms with Crippen LogP contribution in [0.3, 0.4) is 0 Å². The summed E-state index contributed by atoms with van der Waals surface area (Å²) in [5.41, 5.74) is 2.97. The van der Waals surface area contributed by atoms with E-state index in [2.05, 4.69) is 40.6 Å². The van der Waals surface area contributed by atoms with Crippen molar-refractivity contribution in [1.29, 1.82) is 0 Å². The fraction of sp³-hybridized carbons (Fsp3) is 0.421. The molecule has 1 amide bonds. The maximum absolute atomic E-state index is 12.4. The number of hydrogen-bond donors (Lipinski definition) is 2. The van der Waals surface area contributed by atoms with E-state index in [1.165, 1.54) is 11.1 Å². The average molecular weight is 411 g/mol. The molecule has 0 saturated carbocycles. The molecule has 1 aromatic heterocycles. The first-order valence-electron chi connectivity index (χ1n) is 8.89. The molecular formula is C19H20F3N3O4. The van der Waals surface area contributed by atoms with Crippen LogP contribution in [-0.4, -0.2) is 53.4 Å². The number of rotatable bonds is 2. The van der Waals surface area contributed by atoms with Crippen molar-refractivity contribution in [2.45, 2.75) is 25.1 Å². The largest absolute Gasteiger partial charge is 0.490 e. The lowest BCUT2D eigenvalue weighted by Gasteiger charge is -2.21. The summed E-state index contributed by atoms with van der Waals surface area (Å²) in [6, 6.07) is 10.2. The summed E-state index contributed by atoms with van der Waals surface area (Å²) >= 11 is 0. The van der Waals surface area contributed by atoms with Crippen molar-refractivity contribution in [3.05, 3.63) is 52.9 Å². The molecular weight excluding hydrogens is 391 g/mol. The standard InChI is InChI=1S/C17H19N3O2.C2HF3O2/c1-10-7-15(19-22-10)17(21)18-16-12-6-4-3-5-11(12)13-8-20(2)9-14(13)16;3-2(4,5)1(6)7/h3-7,13-14,16H,8-9H2,1-2H3,(H,18,21);(H,6,7)/t13-,14-,16+;/m0./s1. The van der Waals surface area contributed by atoms with Gasteiger partial charge in [-0.3, -0.25) is 4.79 Å². The number of carbonyl (C=O) groups excluding carboxylic acids is 1. The van der Waals surface area contributed by atoms with Gasteiger partial charge in [0.25, 0.3) is 5.91 Å². The number of fused-ring (bicyclic) bond motifs is 3. The molecule has 2 aromatic rings. The molecule has 2 heterocycles. The van der Waals surface area contributed by atoms with Crippen LogP contribution in [0.2, 0.25) is 0 Å². The zero-order valence-corrected chi connectivity index (χ0v) is 15.7. The van der Waals surface area contributed by atoms with E-state index in [1.54, 1.807) is 13.0 Å². The number of aromatic nitrogens is 1. The van der Waals surface area contributed by atoms with Gasteiger partial charge in [-0.2, -0.15) is 13.2 Å². The van der Waals surface area contributed by atoms with Gasteiger partial charge in [0.15, 0.2) is 5.69 Å². The molecule has 4 rings (SSSR count). The second-order valence-electron chi connectivity index (χ2n) is 7.20. The van der Waals surface area contributed by atoms with Crippen molar-refractivity contribution in [3.63, 3.8) is 0 Å². The number of hydrogen-bond acceptors (Lipinski definition) is 5. The number of nitrogens with one attached hydrogen (secondary N) is 1. The lowest BCUT2D eigenvalue weighted by Crippen LogP contribution is -2.33. The smallest absolute Gasteiger partial charge is 0.475 e. The molecule has 0 radical (unpaired) electrons. The molecule has 0 bridgehead atoms. The minimum absolute atomic E-state index is 0.0515. The molecule has 1 aromatic carbocycles. The highest BCUT2D eigenvalue weighted by atomic mass is 19.4. The summed E-state index contributed by atoms with van der Waals surface area (Å²) in [5.74, 6) is -1.33. The Labute approximate surface area is 164 Å². The van der Waals surface area contributed by atoms with Gasteiger partial charge < -0.3 is 19.8 Å². The van der Waals surface area contributed by atoms with Crippen LogP contribution in [0.4, 0.5) is 13.2 Å². The lowest BCUT2D eigenvalue weighted by molar-refractivity contribution is -0.192. The monoisotopic (exact) mass is 411 g/mol. The fourth-order valence-electron chi connectivity index (χ4n) is 3.94. The first-order valence-corrected chi connectivity index (χ1v) is 8.89. The number of aliphatic carboxylic acids is 1. The Morgan fingerprint density at radius 1 is 1.24 bits per heavy atom. The Hall–Kier alpha value is -2.88. The van der Waals surface area contributed by atoms with Crippen LogP contribution in [0.15, 0.2) is 34.9 Å².